The third kappa shape index (κ3) is 4.21. The van der Waals surface area contributed by atoms with Gasteiger partial charge in [-0.05, 0) is 18.6 Å². The molecule has 10 nitrogen and oxygen atoms in total. The van der Waals surface area contributed by atoms with E-state index in [0.717, 1.165) is 6.08 Å². The monoisotopic (exact) mass is 410 g/mol. The number of aryl methyl sites for hydroxylation is 1. The average molecular weight is 410 g/mol. The maximum Gasteiger partial charge on any atom is 0.334 e. The Morgan fingerprint density at radius 2 is 1.93 bits per heavy atom. The second-order valence-electron chi connectivity index (χ2n) is 6.63. The van der Waals surface area contributed by atoms with Crippen LogP contribution in [0.3, 0.4) is 0 Å². The number of carbonyl (C=O) groups excluding carboxylic acids is 1. The lowest BCUT2D eigenvalue weighted by atomic mass is 9.99. The average Bonchev–Trinajstić information content (AvgIpc) is 2.67. The molecule has 29 heavy (non-hydrogen) atoms. The molecule has 1 aromatic rings. The summed E-state index contributed by atoms with van der Waals surface area (Å²) in [5.41, 5.74) is 0.981. The molecule has 5 atom stereocenters. The molecule has 0 amide bonds. The van der Waals surface area contributed by atoms with Gasteiger partial charge in [0.15, 0.2) is 0 Å². The fourth-order valence-electron chi connectivity index (χ4n) is 3.12. The zero-order chi connectivity index (χ0) is 21.3. The molecule has 5 N–H and O–H groups in total. The number of esters is 1. The molecule has 2 heterocycles. The summed E-state index contributed by atoms with van der Waals surface area (Å²) in [6.07, 6.45) is -4.94. The summed E-state index contributed by atoms with van der Waals surface area (Å²) < 4.78 is 21.3. The zero-order valence-electron chi connectivity index (χ0n) is 15.7. The van der Waals surface area contributed by atoms with Gasteiger partial charge >= 0.3 is 5.97 Å². The summed E-state index contributed by atoms with van der Waals surface area (Å²) in [7, 11) is 1.20. The van der Waals surface area contributed by atoms with Crippen molar-refractivity contribution in [2.24, 2.45) is 0 Å². The Morgan fingerprint density at radius 3 is 2.59 bits per heavy atom. The van der Waals surface area contributed by atoms with Crippen LogP contribution >= 0.6 is 0 Å². The molecule has 0 spiro atoms. The van der Waals surface area contributed by atoms with Crippen LogP contribution in [0.15, 0.2) is 30.0 Å². The summed E-state index contributed by atoms with van der Waals surface area (Å²) >= 11 is 0. The lowest BCUT2D eigenvalue weighted by molar-refractivity contribution is -0.284. The summed E-state index contributed by atoms with van der Waals surface area (Å²) in [5, 5.41) is 49.3. The van der Waals surface area contributed by atoms with E-state index in [1.807, 2.05) is 0 Å². The summed E-state index contributed by atoms with van der Waals surface area (Å²) in [6, 6.07) is 2.78. The van der Waals surface area contributed by atoms with Crippen LogP contribution in [0.4, 0.5) is 0 Å². The lowest BCUT2D eigenvalue weighted by Crippen LogP contribution is -2.59. The summed E-state index contributed by atoms with van der Waals surface area (Å²) in [5.74, 6) is -0.437. The van der Waals surface area contributed by atoms with Crippen molar-refractivity contribution < 1.29 is 49.3 Å². The number of aliphatic hydroxyl groups is 4. The van der Waals surface area contributed by atoms with Crippen molar-refractivity contribution in [1.82, 2.24) is 0 Å². The van der Waals surface area contributed by atoms with Crippen LogP contribution < -0.4 is 4.74 Å². The molecule has 2 aliphatic heterocycles. The second-order valence-corrected chi connectivity index (χ2v) is 6.63. The number of aromatic hydroxyl groups is 1. The molecule has 5 unspecified atom stereocenters. The first kappa shape index (κ1) is 21.1. The number of ether oxygens (including phenoxy) is 4. The van der Waals surface area contributed by atoms with Crippen molar-refractivity contribution in [1.29, 1.82) is 0 Å². The van der Waals surface area contributed by atoms with Gasteiger partial charge in [0.2, 0.25) is 6.29 Å². The quantitative estimate of drug-likeness (QED) is 0.318. The smallest absolute Gasteiger partial charge is 0.334 e. The highest BCUT2D eigenvalue weighted by Gasteiger charge is 2.45. The Labute approximate surface area is 165 Å². The molecule has 0 saturated carbocycles. The number of hydrogen-bond acceptors (Lipinski definition) is 10. The first-order valence-electron chi connectivity index (χ1n) is 8.75. The molecular weight excluding hydrogens is 388 g/mol. The Hall–Kier alpha value is -2.63. The number of fused-ring (bicyclic) bond motifs is 1. The first-order chi connectivity index (χ1) is 13.7. The van der Waals surface area contributed by atoms with Crippen molar-refractivity contribution >= 4 is 11.7 Å². The van der Waals surface area contributed by atoms with E-state index in [-0.39, 0.29) is 23.0 Å². The molecule has 0 bridgehead atoms. The number of phenolic OH excluding ortho intramolecular Hbond substituents is 1. The fraction of sp³-hybridized carbons (Fsp3) is 0.421. The molecule has 1 aromatic carbocycles. The Kier molecular flexibility index (Phi) is 6.10. The topological polar surface area (TPSA) is 155 Å². The molecule has 0 radical (unpaired) electrons. The number of benzene rings is 1. The molecule has 1 saturated heterocycles. The van der Waals surface area contributed by atoms with Crippen molar-refractivity contribution in [2.75, 3.05) is 13.7 Å². The largest absolute Gasteiger partial charge is 0.508 e. The van der Waals surface area contributed by atoms with Crippen LogP contribution in [0.5, 0.6) is 11.5 Å². The number of phenols is 1. The highest BCUT2D eigenvalue weighted by Crippen LogP contribution is 2.40. The van der Waals surface area contributed by atoms with Gasteiger partial charge < -0.3 is 44.5 Å². The van der Waals surface area contributed by atoms with Gasteiger partial charge in [-0.2, -0.15) is 0 Å². The maximum atomic E-state index is 11.6. The molecule has 3 rings (SSSR count). The number of rotatable bonds is 4. The SMILES string of the molecule is COC(=O)C=C1C=C(OC2OC(CO)C(O)C(O)C2O)c2c(C)cc(O)cc2O1. The third-order valence-corrected chi connectivity index (χ3v) is 4.58. The van der Waals surface area contributed by atoms with Crippen LogP contribution in [-0.2, 0) is 19.0 Å². The highest BCUT2D eigenvalue weighted by atomic mass is 16.7. The van der Waals surface area contributed by atoms with Crippen molar-refractivity contribution in [3.63, 3.8) is 0 Å². The molecule has 0 aliphatic carbocycles. The van der Waals surface area contributed by atoms with E-state index in [1.54, 1.807) is 6.92 Å². The van der Waals surface area contributed by atoms with Crippen LogP contribution in [0.25, 0.3) is 5.76 Å². The van der Waals surface area contributed by atoms with Gasteiger partial charge in [0.25, 0.3) is 0 Å². The Bertz CT molecular complexity index is 844. The number of allylic oxidation sites excluding steroid dienone is 1. The van der Waals surface area contributed by atoms with Crippen LogP contribution in [0, 0.1) is 6.92 Å². The van der Waals surface area contributed by atoms with Gasteiger partial charge in [0.1, 0.15) is 47.4 Å². The third-order valence-electron chi connectivity index (χ3n) is 4.58. The van der Waals surface area contributed by atoms with E-state index in [0.29, 0.717) is 11.1 Å². The molecule has 10 heteroatoms. The van der Waals surface area contributed by atoms with E-state index in [4.69, 9.17) is 14.2 Å². The zero-order valence-corrected chi connectivity index (χ0v) is 15.7. The van der Waals surface area contributed by atoms with Crippen LogP contribution in [-0.4, -0.2) is 75.9 Å². The normalized spacial score (nSPS) is 30.2. The molecule has 158 valence electrons. The van der Waals surface area contributed by atoms with Crippen molar-refractivity contribution in [3.8, 4) is 11.5 Å². The molecule has 1 fully saturated rings. The molecular formula is C19H22O10. The number of methoxy groups -OCH3 is 1. The van der Waals surface area contributed by atoms with E-state index in [9.17, 15) is 30.3 Å². The molecule has 0 aromatic heterocycles. The van der Waals surface area contributed by atoms with Crippen molar-refractivity contribution in [2.45, 2.75) is 37.6 Å². The van der Waals surface area contributed by atoms with Crippen LogP contribution in [0.1, 0.15) is 11.1 Å². The van der Waals surface area contributed by atoms with Gasteiger partial charge in [0, 0.05) is 12.1 Å². The van der Waals surface area contributed by atoms with E-state index >= 15 is 0 Å². The summed E-state index contributed by atoms with van der Waals surface area (Å²) in [4.78, 5) is 11.6. The standard InChI is InChI=1S/C19H22O10/c1-8-3-9(21)4-11-15(8)12(5-10(27-11)6-14(22)26-2)28-19-18(25)17(24)16(23)13(7-20)29-19/h3-6,13,16-21,23-25H,7H2,1-2H3. The van der Waals surface area contributed by atoms with E-state index in [2.05, 4.69) is 4.74 Å². The first-order valence-corrected chi connectivity index (χ1v) is 8.75. The van der Waals surface area contributed by atoms with Gasteiger partial charge in [-0.3, -0.25) is 0 Å². The van der Waals surface area contributed by atoms with E-state index in [1.165, 1.54) is 25.3 Å². The molecule has 2 aliphatic rings. The number of aliphatic hydroxyl groups excluding tert-OH is 4. The van der Waals surface area contributed by atoms with Gasteiger partial charge in [-0.15, -0.1) is 0 Å². The predicted molar refractivity (Wildman–Crippen MR) is 96.4 cm³/mol. The van der Waals surface area contributed by atoms with Crippen LogP contribution in [0.2, 0.25) is 0 Å². The minimum atomic E-state index is -1.62. The van der Waals surface area contributed by atoms with Gasteiger partial charge in [-0.25, -0.2) is 4.79 Å². The lowest BCUT2D eigenvalue weighted by Gasteiger charge is -2.40. The van der Waals surface area contributed by atoms with E-state index < -0.39 is 43.3 Å². The van der Waals surface area contributed by atoms with Crippen molar-refractivity contribution in [3.05, 3.63) is 41.2 Å². The van der Waals surface area contributed by atoms with Gasteiger partial charge in [-0.1, -0.05) is 0 Å². The number of hydrogen-bond donors (Lipinski definition) is 5. The summed E-state index contributed by atoms with van der Waals surface area (Å²) in [6.45, 7) is 1.07. The Morgan fingerprint density at radius 1 is 1.21 bits per heavy atom. The maximum absolute atomic E-state index is 11.6. The highest BCUT2D eigenvalue weighted by molar-refractivity contribution is 5.84. The van der Waals surface area contributed by atoms with Gasteiger partial charge in [0.05, 0.1) is 25.4 Å². The minimum absolute atomic E-state index is 0.0361. The minimum Gasteiger partial charge on any atom is -0.508 e. The number of carbonyl (C=O) groups is 1. The predicted octanol–water partition coefficient (Wildman–Crippen LogP) is -0.693. The second kappa shape index (κ2) is 8.39. The fourth-order valence-corrected chi connectivity index (χ4v) is 3.12. The Balaban J connectivity index is 1.99.